The molecule has 0 fully saturated rings. The fourth-order valence-corrected chi connectivity index (χ4v) is 3.25. The van der Waals surface area contributed by atoms with Crippen LogP contribution < -0.4 is 10.2 Å². The maximum absolute atomic E-state index is 12.7. The first-order valence-corrected chi connectivity index (χ1v) is 8.78. The molecule has 1 N–H and O–H groups in total. The lowest BCUT2D eigenvalue weighted by Crippen LogP contribution is -2.32. The minimum absolute atomic E-state index is 0.282. The molecule has 4 heterocycles. The molecule has 1 aliphatic heterocycles. The van der Waals surface area contributed by atoms with Crippen LogP contribution in [0.3, 0.4) is 0 Å². The highest BCUT2D eigenvalue weighted by Crippen LogP contribution is 2.31. The molecule has 0 aliphatic carbocycles. The van der Waals surface area contributed by atoms with E-state index >= 15 is 0 Å². The van der Waals surface area contributed by atoms with Crippen molar-refractivity contribution in [3.8, 4) is 0 Å². The van der Waals surface area contributed by atoms with E-state index in [1.165, 1.54) is 12.4 Å². The summed E-state index contributed by atoms with van der Waals surface area (Å²) in [6.07, 6.45) is 0.0946. The van der Waals surface area contributed by atoms with E-state index in [-0.39, 0.29) is 5.82 Å². The van der Waals surface area contributed by atoms with Gasteiger partial charge in [-0.3, -0.25) is 0 Å². The minimum Gasteiger partial charge on any atom is -0.349 e. The molecular formula is C18H14ClF3N6. The van der Waals surface area contributed by atoms with Crippen LogP contribution in [0.4, 0.5) is 30.6 Å². The van der Waals surface area contributed by atoms with Crippen LogP contribution in [0.15, 0.2) is 43.0 Å². The van der Waals surface area contributed by atoms with Crippen molar-refractivity contribution in [1.29, 1.82) is 0 Å². The van der Waals surface area contributed by atoms with Gasteiger partial charge in [0.2, 0.25) is 0 Å². The topological polar surface area (TPSA) is 66.8 Å². The highest BCUT2D eigenvalue weighted by Gasteiger charge is 2.30. The van der Waals surface area contributed by atoms with Crippen molar-refractivity contribution in [2.24, 2.45) is 0 Å². The normalized spacial score (nSPS) is 13.9. The Labute approximate surface area is 163 Å². The molecule has 10 heteroatoms. The number of nitrogens with zero attached hydrogens (tertiary/aromatic N) is 5. The number of fused-ring (bicyclic) bond motifs is 1. The molecule has 4 rings (SSSR count). The Morgan fingerprint density at radius 3 is 2.64 bits per heavy atom. The molecule has 6 nitrogen and oxygen atoms in total. The van der Waals surface area contributed by atoms with Crippen LogP contribution in [0.25, 0.3) is 0 Å². The Hall–Kier alpha value is -2.94. The Bertz CT molecular complexity index is 993. The molecule has 144 valence electrons. The Morgan fingerprint density at radius 2 is 1.93 bits per heavy atom. The third-order valence-corrected chi connectivity index (χ3v) is 4.68. The van der Waals surface area contributed by atoms with Gasteiger partial charge in [-0.15, -0.1) is 0 Å². The van der Waals surface area contributed by atoms with Crippen molar-refractivity contribution in [3.05, 3.63) is 64.8 Å². The van der Waals surface area contributed by atoms with Gasteiger partial charge >= 0.3 is 6.18 Å². The van der Waals surface area contributed by atoms with Crippen LogP contribution in [0, 0.1) is 0 Å². The van der Waals surface area contributed by atoms with E-state index in [0.29, 0.717) is 36.2 Å². The largest absolute Gasteiger partial charge is 0.417 e. The summed E-state index contributed by atoms with van der Waals surface area (Å²) in [5.74, 6) is 1.50. The third kappa shape index (κ3) is 3.70. The van der Waals surface area contributed by atoms with Crippen LogP contribution in [0.1, 0.15) is 16.8 Å². The zero-order chi connectivity index (χ0) is 19.7. The molecular weight excluding hydrogens is 393 g/mol. The Balaban J connectivity index is 1.56. The molecule has 0 atom stereocenters. The van der Waals surface area contributed by atoms with Crippen molar-refractivity contribution in [2.45, 2.75) is 19.1 Å². The number of hydrogen-bond donors (Lipinski definition) is 1. The molecule has 1 aliphatic rings. The van der Waals surface area contributed by atoms with Crippen LogP contribution in [0.5, 0.6) is 0 Å². The number of anilines is 3. The van der Waals surface area contributed by atoms with Crippen molar-refractivity contribution in [1.82, 2.24) is 19.9 Å². The fourth-order valence-electron chi connectivity index (χ4n) is 3.01. The quantitative estimate of drug-likeness (QED) is 0.701. The fraction of sp³-hybridized carbons (Fsp3) is 0.222. The van der Waals surface area contributed by atoms with Gasteiger partial charge in [-0.25, -0.2) is 19.9 Å². The van der Waals surface area contributed by atoms with E-state index in [4.69, 9.17) is 11.6 Å². The van der Waals surface area contributed by atoms with Gasteiger partial charge in [-0.05, 0) is 30.7 Å². The first-order chi connectivity index (χ1) is 13.4. The van der Waals surface area contributed by atoms with Crippen molar-refractivity contribution in [3.63, 3.8) is 0 Å². The highest BCUT2D eigenvalue weighted by molar-refractivity contribution is 6.32. The summed E-state index contributed by atoms with van der Waals surface area (Å²) in [5.41, 5.74) is 0.899. The van der Waals surface area contributed by atoms with Crippen LogP contribution in [-0.4, -0.2) is 26.5 Å². The number of alkyl halides is 3. The second-order valence-electron chi connectivity index (χ2n) is 6.18. The lowest BCUT2D eigenvalue weighted by molar-refractivity contribution is -0.137. The third-order valence-electron chi connectivity index (χ3n) is 4.38. The number of rotatable bonds is 3. The van der Waals surface area contributed by atoms with Gasteiger partial charge in [-0.1, -0.05) is 11.6 Å². The second kappa shape index (κ2) is 7.23. The molecule has 0 unspecified atom stereocenters. The SMILES string of the molecule is FC(F)(F)c1ccc(Nc2ncnc3c2CCN(c2ncccc2Cl)C3)nc1. The van der Waals surface area contributed by atoms with Gasteiger partial charge < -0.3 is 10.2 Å². The van der Waals surface area contributed by atoms with Crippen LogP contribution >= 0.6 is 11.6 Å². The van der Waals surface area contributed by atoms with Gasteiger partial charge in [0.15, 0.2) is 0 Å². The predicted octanol–water partition coefficient (Wildman–Crippen LogP) is 4.25. The lowest BCUT2D eigenvalue weighted by Gasteiger charge is -2.30. The van der Waals surface area contributed by atoms with E-state index < -0.39 is 11.7 Å². The van der Waals surface area contributed by atoms with E-state index in [1.54, 1.807) is 18.3 Å². The highest BCUT2D eigenvalue weighted by atomic mass is 35.5. The molecule has 0 spiro atoms. The summed E-state index contributed by atoms with van der Waals surface area (Å²) in [6.45, 7) is 1.16. The summed E-state index contributed by atoms with van der Waals surface area (Å²) in [4.78, 5) is 18.8. The summed E-state index contributed by atoms with van der Waals surface area (Å²) in [5, 5.41) is 3.55. The van der Waals surface area contributed by atoms with E-state index in [2.05, 4.69) is 25.3 Å². The number of halogens is 4. The molecule has 0 radical (unpaired) electrons. The van der Waals surface area contributed by atoms with Gasteiger partial charge in [0.05, 0.1) is 22.8 Å². The summed E-state index contributed by atoms with van der Waals surface area (Å²) in [6, 6.07) is 5.81. The smallest absolute Gasteiger partial charge is 0.349 e. The molecule has 28 heavy (non-hydrogen) atoms. The van der Waals surface area contributed by atoms with Gasteiger partial charge in [0, 0.05) is 24.5 Å². The molecule has 3 aromatic heterocycles. The standard InChI is InChI=1S/C18H14ClF3N6/c19-13-2-1-6-23-17(13)28-7-5-12-14(9-28)25-10-26-16(12)27-15-4-3-11(8-24-15)18(20,21)22/h1-4,6,8,10H,5,7,9H2,(H,24,25,26,27). The van der Waals surface area contributed by atoms with Crippen molar-refractivity contribution >= 4 is 29.1 Å². The maximum Gasteiger partial charge on any atom is 0.417 e. The lowest BCUT2D eigenvalue weighted by atomic mass is 10.1. The van der Waals surface area contributed by atoms with E-state index in [0.717, 1.165) is 23.5 Å². The average Bonchev–Trinajstić information content (AvgIpc) is 2.68. The van der Waals surface area contributed by atoms with Gasteiger partial charge in [0.1, 0.15) is 23.8 Å². The van der Waals surface area contributed by atoms with Crippen molar-refractivity contribution in [2.75, 3.05) is 16.8 Å². The minimum atomic E-state index is -4.42. The molecule has 0 bridgehead atoms. The number of hydrogen-bond acceptors (Lipinski definition) is 6. The molecule has 3 aromatic rings. The van der Waals surface area contributed by atoms with Crippen LogP contribution in [0.2, 0.25) is 5.02 Å². The Morgan fingerprint density at radius 1 is 1.07 bits per heavy atom. The Kier molecular flexibility index (Phi) is 4.76. The summed E-state index contributed by atoms with van der Waals surface area (Å²) >= 11 is 6.23. The second-order valence-corrected chi connectivity index (χ2v) is 6.59. The zero-order valence-corrected chi connectivity index (χ0v) is 15.2. The molecule has 0 aromatic carbocycles. The monoisotopic (exact) mass is 406 g/mol. The molecule has 0 saturated heterocycles. The first kappa shape index (κ1) is 18.4. The predicted molar refractivity (Wildman–Crippen MR) is 98.6 cm³/mol. The average molecular weight is 407 g/mol. The molecule has 0 saturated carbocycles. The molecule has 0 amide bonds. The number of nitrogens with one attached hydrogen (secondary N) is 1. The number of aromatic nitrogens is 4. The summed E-state index contributed by atoms with van der Waals surface area (Å²) < 4.78 is 38.0. The van der Waals surface area contributed by atoms with E-state index in [1.807, 2.05) is 4.90 Å². The maximum atomic E-state index is 12.7. The van der Waals surface area contributed by atoms with Crippen LogP contribution in [-0.2, 0) is 19.1 Å². The zero-order valence-electron chi connectivity index (χ0n) is 14.4. The first-order valence-electron chi connectivity index (χ1n) is 8.40. The summed E-state index contributed by atoms with van der Waals surface area (Å²) in [7, 11) is 0. The van der Waals surface area contributed by atoms with Crippen molar-refractivity contribution < 1.29 is 13.2 Å². The van der Waals surface area contributed by atoms with Gasteiger partial charge in [-0.2, -0.15) is 13.2 Å². The number of pyridine rings is 2. The van der Waals surface area contributed by atoms with Gasteiger partial charge in [0.25, 0.3) is 0 Å². The van der Waals surface area contributed by atoms with E-state index in [9.17, 15) is 13.2 Å².